The predicted octanol–water partition coefficient (Wildman–Crippen LogP) is 2.25. The van der Waals surface area contributed by atoms with Crippen molar-refractivity contribution >= 4 is 32.7 Å². The fourth-order valence-corrected chi connectivity index (χ4v) is 4.13. The van der Waals surface area contributed by atoms with Crippen molar-refractivity contribution in [3.05, 3.63) is 71.7 Å². The summed E-state index contributed by atoms with van der Waals surface area (Å²) in [4.78, 5) is 24.9. The molecule has 170 valence electrons. The molecule has 0 saturated carbocycles. The molecule has 1 amide bonds. The number of benzene rings is 1. The van der Waals surface area contributed by atoms with Gasteiger partial charge < -0.3 is 15.0 Å². The zero-order valence-corrected chi connectivity index (χ0v) is 18.4. The Bertz CT molecular complexity index is 1450. The fraction of sp³-hybridized carbons (Fsp3) is 0.143. The third kappa shape index (κ3) is 4.46. The van der Waals surface area contributed by atoms with Crippen LogP contribution >= 0.6 is 0 Å². The molecule has 0 saturated heterocycles. The minimum Gasteiger partial charge on any atom is -0.504 e. The van der Waals surface area contributed by atoms with E-state index in [1.165, 1.54) is 42.7 Å². The van der Waals surface area contributed by atoms with Crippen LogP contribution in [-0.4, -0.2) is 39.0 Å². The summed E-state index contributed by atoms with van der Waals surface area (Å²) in [5.74, 6) is -1.38. The van der Waals surface area contributed by atoms with E-state index in [2.05, 4.69) is 25.0 Å². The average molecular weight is 470 g/mol. The molecule has 0 radical (unpaired) electrons. The highest BCUT2D eigenvalue weighted by Crippen LogP contribution is 2.31. The second-order valence-corrected chi connectivity index (χ2v) is 8.84. The SMILES string of the molecule is Cc1nc(S(=O)(=O)Nc2nc(C(=O)NCc3ccc(F)cc3)c(O)c3ncccc23)cn1C. The Hall–Kier alpha value is -4.06. The second kappa shape index (κ2) is 8.47. The molecule has 0 aliphatic heterocycles. The molecule has 0 unspecified atom stereocenters. The lowest BCUT2D eigenvalue weighted by Gasteiger charge is -2.13. The van der Waals surface area contributed by atoms with Gasteiger partial charge in [0.15, 0.2) is 22.3 Å². The number of fused-ring (bicyclic) bond motifs is 1. The number of carbonyl (C=O) groups excluding carboxylic acids is 1. The van der Waals surface area contributed by atoms with Gasteiger partial charge in [0.05, 0.1) is 0 Å². The first-order valence-corrected chi connectivity index (χ1v) is 11.2. The summed E-state index contributed by atoms with van der Waals surface area (Å²) in [6, 6.07) is 8.56. The zero-order valence-electron chi connectivity index (χ0n) is 17.6. The topological polar surface area (TPSA) is 139 Å². The summed E-state index contributed by atoms with van der Waals surface area (Å²) >= 11 is 0. The van der Waals surface area contributed by atoms with Gasteiger partial charge in [0, 0.05) is 31.4 Å². The van der Waals surface area contributed by atoms with Gasteiger partial charge in [-0.05, 0) is 36.8 Å². The minimum atomic E-state index is -4.14. The quantitative estimate of drug-likeness (QED) is 0.393. The first-order valence-electron chi connectivity index (χ1n) is 9.69. The Labute approximate surface area is 188 Å². The first-order chi connectivity index (χ1) is 15.7. The van der Waals surface area contributed by atoms with Crippen molar-refractivity contribution in [2.24, 2.45) is 7.05 Å². The van der Waals surface area contributed by atoms with Crippen molar-refractivity contribution in [1.29, 1.82) is 0 Å². The molecule has 4 rings (SSSR count). The lowest BCUT2D eigenvalue weighted by atomic mass is 10.2. The highest BCUT2D eigenvalue weighted by atomic mass is 32.2. The van der Waals surface area contributed by atoms with Gasteiger partial charge in [0.1, 0.15) is 17.2 Å². The first kappa shape index (κ1) is 22.1. The number of hydrogen-bond acceptors (Lipinski definition) is 7. The molecule has 33 heavy (non-hydrogen) atoms. The third-order valence-electron chi connectivity index (χ3n) is 4.91. The number of rotatable bonds is 6. The van der Waals surface area contributed by atoms with Gasteiger partial charge in [-0.15, -0.1) is 0 Å². The molecule has 3 aromatic heterocycles. The van der Waals surface area contributed by atoms with E-state index in [1.807, 2.05) is 0 Å². The van der Waals surface area contributed by atoms with Crippen LogP contribution in [0.2, 0.25) is 0 Å². The molecule has 0 spiro atoms. The highest BCUT2D eigenvalue weighted by molar-refractivity contribution is 7.92. The van der Waals surface area contributed by atoms with Crippen LogP contribution in [0.3, 0.4) is 0 Å². The van der Waals surface area contributed by atoms with Crippen LogP contribution in [0.1, 0.15) is 21.9 Å². The number of halogens is 1. The summed E-state index contributed by atoms with van der Waals surface area (Å²) in [6.45, 7) is 1.69. The molecule has 3 N–H and O–H groups in total. The number of aryl methyl sites for hydroxylation is 2. The Balaban J connectivity index is 1.70. The molecule has 0 fully saturated rings. The van der Waals surface area contributed by atoms with Gasteiger partial charge in [-0.3, -0.25) is 14.5 Å². The van der Waals surface area contributed by atoms with E-state index in [0.717, 1.165) is 0 Å². The van der Waals surface area contributed by atoms with Crippen molar-refractivity contribution in [2.45, 2.75) is 18.5 Å². The Morgan fingerprint density at radius 2 is 1.91 bits per heavy atom. The lowest BCUT2D eigenvalue weighted by Crippen LogP contribution is -2.25. The van der Waals surface area contributed by atoms with E-state index in [0.29, 0.717) is 11.4 Å². The molecule has 3 heterocycles. The lowest BCUT2D eigenvalue weighted by molar-refractivity contribution is 0.0943. The third-order valence-corrected chi connectivity index (χ3v) is 6.12. The van der Waals surface area contributed by atoms with E-state index >= 15 is 0 Å². The van der Waals surface area contributed by atoms with Gasteiger partial charge in [-0.1, -0.05) is 12.1 Å². The number of hydrogen-bond donors (Lipinski definition) is 3. The number of amides is 1. The Morgan fingerprint density at radius 1 is 1.18 bits per heavy atom. The van der Waals surface area contributed by atoms with Gasteiger partial charge in [-0.25, -0.2) is 14.4 Å². The molecule has 1 aromatic carbocycles. The molecule has 0 bridgehead atoms. The Kier molecular flexibility index (Phi) is 5.68. The summed E-state index contributed by atoms with van der Waals surface area (Å²) in [5.41, 5.74) is 0.196. The summed E-state index contributed by atoms with van der Waals surface area (Å²) in [7, 11) is -2.49. The van der Waals surface area contributed by atoms with E-state index in [-0.39, 0.29) is 28.3 Å². The summed E-state index contributed by atoms with van der Waals surface area (Å²) in [6.07, 6.45) is 2.73. The van der Waals surface area contributed by atoms with Crippen LogP contribution in [0.4, 0.5) is 10.2 Å². The van der Waals surface area contributed by atoms with E-state index in [1.54, 1.807) is 24.6 Å². The van der Waals surface area contributed by atoms with Gasteiger partial charge in [0.2, 0.25) is 0 Å². The smallest absolute Gasteiger partial charge is 0.282 e. The minimum absolute atomic E-state index is 0.00525. The predicted molar refractivity (Wildman–Crippen MR) is 118 cm³/mol. The van der Waals surface area contributed by atoms with Crippen molar-refractivity contribution in [3.8, 4) is 5.75 Å². The monoisotopic (exact) mass is 470 g/mol. The van der Waals surface area contributed by atoms with Gasteiger partial charge in [-0.2, -0.15) is 8.42 Å². The zero-order chi connectivity index (χ0) is 23.8. The number of nitrogens with zero attached hydrogens (tertiary/aromatic N) is 4. The average Bonchev–Trinajstić information content (AvgIpc) is 3.14. The molecule has 4 aromatic rings. The maximum atomic E-state index is 13.1. The number of carbonyl (C=O) groups is 1. The van der Waals surface area contributed by atoms with Crippen LogP contribution in [0, 0.1) is 12.7 Å². The maximum Gasteiger partial charge on any atom is 0.282 e. The van der Waals surface area contributed by atoms with Gasteiger partial charge >= 0.3 is 0 Å². The molecular formula is C21H19FN6O4S. The van der Waals surface area contributed by atoms with Crippen molar-refractivity contribution in [1.82, 2.24) is 24.8 Å². The molecule has 0 atom stereocenters. The van der Waals surface area contributed by atoms with Crippen LogP contribution in [0.5, 0.6) is 5.75 Å². The molecular weight excluding hydrogens is 451 g/mol. The fourth-order valence-electron chi connectivity index (χ4n) is 3.06. The van der Waals surface area contributed by atoms with E-state index < -0.39 is 33.2 Å². The van der Waals surface area contributed by atoms with E-state index in [4.69, 9.17) is 0 Å². The number of nitrogens with one attached hydrogen (secondary N) is 2. The number of anilines is 1. The standard InChI is InChI=1S/C21H19FN6O4S/c1-12-25-16(11-28(12)2)33(31,32)27-20-15-4-3-9-23-17(15)19(29)18(26-20)21(30)24-10-13-5-7-14(22)8-6-13/h3-9,11,29H,10H2,1-2H3,(H,24,30)(H,26,27). The Morgan fingerprint density at radius 3 is 2.58 bits per heavy atom. The molecule has 0 aliphatic rings. The van der Waals surface area contributed by atoms with Crippen LogP contribution in [-0.2, 0) is 23.6 Å². The number of aromatic hydroxyl groups is 1. The normalized spacial score (nSPS) is 11.5. The van der Waals surface area contributed by atoms with Crippen molar-refractivity contribution in [3.63, 3.8) is 0 Å². The maximum absolute atomic E-state index is 13.1. The van der Waals surface area contributed by atoms with Crippen molar-refractivity contribution < 1.29 is 22.7 Å². The molecule has 12 heteroatoms. The number of aromatic nitrogens is 4. The number of pyridine rings is 2. The van der Waals surface area contributed by atoms with E-state index in [9.17, 15) is 22.7 Å². The van der Waals surface area contributed by atoms with Gasteiger partial charge in [0.25, 0.3) is 15.9 Å². The van der Waals surface area contributed by atoms with Crippen LogP contribution in [0.15, 0.2) is 53.8 Å². The molecule has 10 nitrogen and oxygen atoms in total. The molecule has 0 aliphatic carbocycles. The highest BCUT2D eigenvalue weighted by Gasteiger charge is 2.25. The second-order valence-electron chi connectivity index (χ2n) is 7.21. The number of imidazole rings is 1. The largest absolute Gasteiger partial charge is 0.504 e. The van der Waals surface area contributed by atoms with Crippen LogP contribution in [0.25, 0.3) is 10.9 Å². The number of sulfonamides is 1. The van der Waals surface area contributed by atoms with Crippen LogP contribution < -0.4 is 10.0 Å². The van der Waals surface area contributed by atoms with Crippen molar-refractivity contribution in [2.75, 3.05) is 4.72 Å². The summed E-state index contributed by atoms with van der Waals surface area (Å²) < 4.78 is 42.7. The summed E-state index contributed by atoms with van der Waals surface area (Å²) in [5, 5.41) is 13.1.